The van der Waals surface area contributed by atoms with Gasteiger partial charge in [0, 0.05) is 5.56 Å². The van der Waals surface area contributed by atoms with Crippen molar-refractivity contribution in [2.75, 3.05) is 12.4 Å². The Morgan fingerprint density at radius 3 is 2.59 bits per heavy atom. The molecule has 0 aliphatic carbocycles. The van der Waals surface area contributed by atoms with Gasteiger partial charge < -0.3 is 14.8 Å². The summed E-state index contributed by atoms with van der Waals surface area (Å²) in [6, 6.07) is 13.0. The lowest BCUT2D eigenvalue weighted by molar-refractivity contribution is -0.122. The molecule has 7 nitrogen and oxygen atoms in total. The molecule has 1 amide bonds. The van der Waals surface area contributed by atoms with E-state index in [1.807, 2.05) is 0 Å². The monoisotopic (exact) mass is 371 g/mol. The van der Waals surface area contributed by atoms with Crippen LogP contribution < -0.4 is 14.8 Å². The number of halogens is 1. The number of nitrogens with one attached hydrogen (secondary N) is 1. The van der Waals surface area contributed by atoms with Crippen molar-refractivity contribution in [1.29, 1.82) is 0 Å². The average Bonchev–Trinajstić information content (AvgIpc) is 3.15. The molecule has 0 fully saturated rings. The lowest BCUT2D eigenvalue weighted by atomic mass is 10.1. The minimum atomic E-state index is -0.901. The minimum absolute atomic E-state index is 0.00755. The largest absolute Gasteiger partial charge is 0.497 e. The third-order valence-corrected chi connectivity index (χ3v) is 3.86. The van der Waals surface area contributed by atoms with Crippen LogP contribution in [0.25, 0.3) is 11.3 Å². The van der Waals surface area contributed by atoms with Crippen LogP contribution in [0.2, 0.25) is 0 Å². The first-order valence-electron chi connectivity index (χ1n) is 8.31. The van der Waals surface area contributed by atoms with Gasteiger partial charge in [0.15, 0.2) is 23.4 Å². The molecule has 3 aromatic rings. The molecule has 0 bridgehead atoms. The number of carbonyl (C=O) groups is 1. The molecule has 27 heavy (non-hydrogen) atoms. The summed E-state index contributed by atoms with van der Waals surface area (Å²) < 4.78 is 29.1. The van der Waals surface area contributed by atoms with E-state index in [1.54, 1.807) is 50.4 Å². The smallest absolute Gasteiger partial charge is 0.266 e. The van der Waals surface area contributed by atoms with E-state index < -0.39 is 17.8 Å². The fourth-order valence-electron chi connectivity index (χ4n) is 2.42. The summed E-state index contributed by atoms with van der Waals surface area (Å²) >= 11 is 0. The van der Waals surface area contributed by atoms with Crippen molar-refractivity contribution in [3.8, 4) is 22.8 Å². The van der Waals surface area contributed by atoms with E-state index in [0.29, 0.717) is 23.4 Å². The van der Waals surface area contributed by atoms with E-state index in [9.17, 15) is 9.18 Å². The number of hydrogen-bond donors (Lipinski definition) is 1. The summed E-state index contributed by atoms with van der Waals surface area (Å²) in [4.78, 5) is 12.6. The van der Waals surface area contributed by atoms with Gasteiger partial charge in [-0.3, -0.25) is 4.79 Å². The zero-order valence-electron chi connectivity index (χ0n) is 14.8. The number of hydrogen-bond acceptors (Lipinski definition) is 6. The summed E-state index contributed by atoms with van der Waals surface area (Å²) in [5.74, 6) is -0.170. The van der Waals surface area contributed by atoms with Crippen molar-refractivity contribution in [3.05, 3.63) is 54.3 Å². The maximum absolute atomic E-state index is 13.8. The van der Waals surface area contributed by atoms with Gasteiger partial charge in [0.2, 0.25) is 5.82 Å². The van der Waals surface area contributed by atoms with Gasteiger partial charge >= 0.3 is 0 Å². The highest BCUT2D eigenvalue weighted by molar-refractivity contribution is 5.96. The Hall–Kier alpha value is -3.42. The Balaban J connectivity index is 1.75. The molecule has 1 heterocycles. The summed E-state index contributed by atoms with van der Waals surface area (Å²) in [6.07, 6.45) is -0.564. The van der Waals surface area contributed by atoms with Gasteiger partial charge in [-0.2, -0.15) is 0 Å². The van der Waals surface area contributed by atoms with Gasteiger partial charge in [0.1, 0.15) is 5.75 Å². The molecule has 140 valence electrons. The average molecular weight is 371 g/mol. The van der Waals surface area contributed by atoms with E-state index in [1.165, 1.54) is 12.1 Å². The van der Waals surface area contributed by atoms with Crippen molar-refractivity contribution in [2.45, 2.75) is 19.4 Å². The Bertz CT molecular complexity index is 911. The fraction of sp³-hybridized carbons (Fsp3) is 0.211. The van der Waals surface area contributed by atoms with Gasteiger partial charge in [-0.25, -0.2) is 9.02 Å². The predicted octanol–water partition coefficient (Wildman–Crippen LogP) is 3.68. The number of carbonyl (C=O) groups excluding carboxylic acids is 1. The number of rotatable bonds is 7. The van der Waals surface area contributed by atoms with Crippen LogP contribution in [-0.2, 0) is 4.79 Å². The molecule has 0 saturated heterocycles. The molecule has 0 radical (unpaired) electrons. The zero-order chi connectivity index (χ0) is 19.2. The molecule has 0 aliphatic heterocycles. The fourth-order valence-corrected chi connectivity index (χ4v) is 2.42. The number of anilines is 1. The first-order chi connectivity index (χ1) is 13.1. The number of benzene rings is 2. The highest BCUT2D eigenvalue weighted by Crippen LogP contribution is 2.27. The molecule has 3 rings (SSSR count). The van der Waals surface area contributed by atoms with Crippen molar-refractivity contribution in [1.82, 2.24) is 10.3 Å². The molecule has 0 spiro atoms. The molecule has 8 heteroatoms. The van der Waals surface area contributed by atoms with Gasteiger partial charge in [-0.15, -0.1) is 0 Å². The maximum atomic E-state index is 13.8. The lowest BCUT2D eigenvalue weighted by Gasteiger charge is -2.17. The van der Waals surface area contributed by atoms with Gasteiger partial charge in [-0.1, -0.05) is 19.1 Å². The van der Waals surface area contributed by atoms with Crippen LogP contribution >= 0.6 is 0 Å². The highest BCUT2D eigenvalue weighted by Gasteiger charge is 2.23. The highest BCUT2D eigenvalue weighted by atomic mass is 19.1. The van der Waals surface area contributed by atoms with Crippen LogP contribution in [0.4, 0.5) is 10.2 Å². The molecule has 0 saturated carbocycles. The quantitative estimate of drug-likeness (QED) is 0.682. The molecule has 1 aromatic heterocycles. The van der Waals surface area contributed by atoms with Crippen molar-refractivity contribution in [3.63, 3.8) is 0 Å². The van der Waals surface area contributed by atoms with Crippen LogP contribution in [0.15, 0.2) is 53.2 Å². The Kier molecular flexibility index (Phi) is 5.65. The normalized spacial score (nSPS) is 11.7. The number of para-hydroxylation sites is 1. The summed E-state index contributed by atoms with van der Waals surface area (Å²) in [6.45, 7) is 1.76. The van der Waals surface area contributed by atoms with E-state index in [0.717, 1.165) is 0 Å². The first kappa shape index (κ1) is 18.4. The topological polar surface area (TPSA) is 86.5 Å². The first-order valence-corrected chi connectivity index (χ1v) is 8.31. The Morgan fingerprint density at radius 2 is 1.93 bits per heavy atom. The second kappa shape index (κ2) is 8.31. The number of methoxy groups -OCH3 is 1. The van der Waals surface area contributed by atoms with Gasteiger partial charge in [-0.05, 0) is 53.1 Å². The van der Waals surface area contributed by atoms with Crippen LogP contribution in [0.5, 0.6) is 11.5 Å². The number of amides is 1. The maximum Gasteiger partial charge on any atom is 0.266 e. The van der Waals surface area contributed by atoms with Crippen molar-refractivity contribution >= 4 is 11.7 Å². The summed E-state index contributed by atoms with van der Waals surface area (Å²) in [7, 11) is 1.57. The Morgan fingerprint density at radius 1 is 1.19 bits per heavy atom. The van der Waals surface area contributed by atoms with Crippen molar-refractivity contribution < 1.29 is 23.3 Å². The third kappa shape index (κ3) is 4.22. The van der Waals surface area contributed by atoms with E-state index in [2.05, 4.69) is 15.6 Å². The zero-order valence-corrected chi connectivity index (χ0v) is 14.8. The number of nitrogens with zero attached hydrogens (tertiary/aromatic N) is 2. The van der Waals surface area contributed by atoms with E-state index >= 15 is 0 Å². The molecule has 1 unspecified atom stereocenters. The van der Waals surface area contributed by atoms with Gasteiger partial charge in [0.05, 0.1) is 7.11 Å². The lowest BCUT2D eigenvalue weighted by Crippen LogP contribution is -2.32. The van der Waals surface area contributed by atoms with Crippen LogP contribution in [0, 0.1) is 5.82 Å². The molecule has 2 aromatic carbocycles. The van der Waals surface area contributed by atoms with E-state index in [4.69, 9.17) is 14.1 Å². The van der Waals surface area contributed by atoms with Crippen LogP contribution in [0.1, 0.15) is 13.3 Å². The second-order valence-electron chi connectivity index (χ2n) is 5.62. The molecule has 1 atom stereocenters. The molecule has 0 aliphatic rings. The van der Waals surface area contributed by atoms with Crippen LogP contribution in [-0.4, -0.2) is 29.4 Å². The second-order valence-corrected chi connectivity index (χ2v) is 5.62. The third-order valence-electron chi connectivity index (χ3n) is 3.86. The number of aromatic nitrogens is 2. The minimum Gasteiger partial charge on any atom is -0.497 e. The standard InChI is InChI=1S/C19H18FN3O4/c1-3-15(26-16-7-5-4-6-14(16)20)19(24)21-18-17(22-27-23-18)12-8-10-13(25-2)11-9-12/h4-11,15H,3H2,1-2H3,(H,21,23,24). The SMILES string of the molecule is CCC(Oc1ccccc1F)C(=O)Nc1nonc1-c1ccc(OC)cc1. The van der Waals surface area contributed by atoms with Crippen LogP contribution in [0.3, 0.4) is 0 Å². The van der Waals surface area contributed by atoms with Crippen molar-refractivity contribution in [2.24, 2.45) is 0 Å². The molecular weight excluding hydrogens is 353 g/mol. The molecular formula is C19H18FN3O4. The molecule has 1 N–H and O–H groups in total. The van der Waals surface area contributed by atoms with Gasteiger partial charge in [0.25, 0.3) is 5.91 Å². The predicted molar refractivity (Wildman–Crippen MR) is 96.0 cm³/mol. The summed E-state index contributed by atoms with van der Waals surface area (Å²) in [5, 5.41) is 10.2. The number of ether oxygens (including phenoxy) is 2. The Labute approximate surface area is 155 Å². The summed E-state index contributed by atoms with van der Waals surface area (Å²) in [5.41, 5.74) is 1.06. The van der Waals surface area contributed by atoms with E-state index in [-0.39, 0.29) is 11.6 Å².